The van der Waals surface area contributed by atoms with Crippen LogP contribution in [-0.2, 0) is 0 Å². The Hall–Kier alpha value is -3.18. The van der Waals surface area contributed by atoms with Gasteiger partial charge in [-0.15, -0.1) is 0 Å². The summed E-state index contributed by atoms with van der Waals surface area (Å²) in [5.74, 6) is 1.12. The molecule has 1 amide bonds. The topological polar surface area (TPSA) is 50.4 Å². The molecule has 0 aromatic heterocycles. The van der Waals surface area contributed by atoms with E-state index < -0.39 is 0 Å². The number of benzene rings is 3. The lowest BCUT2D eigenvalue weighted by Crippen LogP contribution is -2.34. The summed E-state index contributed by atoms with van der Waals surface area (Å²) in [6.45, 7) is 1.98. The minimum absolute atomic E-state index is 0.208. The van der Waals surface area contributed by atoms with Crippen molar-refractivity contribution in [2.24, 2.45) is 0 Å². The lowest BCUT2D eigenvalue weighted by atomic mass is 10.2. The highest BCUT2D eigenvalue weighted by atomic mass is 32.1. The van der Waals surface area contributed by atoms with Crippen molar-refractivity contribution in [2.75, 3.05) is 5.32 Å². The normalized spacial score (nSPS) is 10.0. The highest BCUT2D eigenvalue weighted by Gasteiger charge is 2.10. The predicted molar refractivity (Wildman–Crippen MR) is 108 cm³/mol. The molecule has 130 valence electrons. The Kier molecular flexibility index (Phi) is 5.61. The molecule has 0 unspecified atom stereocenters. The molecule has 0 aliphatic carbocycles. The van der Waals surface area contributed by atoms with Gasteiger partial charge in [-0.05, 0) is 55.0 Å². The highest BCUT2D eigenvalue weighted by Crippen LogP contribution is 2.30. The molecule has 4 nitrogen and oxygen atoms in total. The van der Waals surface area contributed by atoms with Gasteiger partial charge in [0, 0.05) is 5.56 Å². The van der Waals surface area contributed by atoms with Crippen molar-refractivity contribution in [2.45, 2.75) is 6.92 Å². The van der Waals surface area contributed by atoms with E-state index in [4.69, 9.17) is 17.0 Å². The molecule has 2 N–H and O–H groups in total. The number of thiocarbonyl (C=S) groups is 1. The van der Waals surface area contributed by atoms with E-state index >= 15 is 0 Å². The SMILES string of the molecule is Cc1ccccc1Oc1ccccc1NC(=S)NC(=O)c1ccccc1. The summed E-state index contributed by atoms with van der Waals surface area (Å²) in [6.07, 6.45) is 0. The van der Waals surface area contributed by atoms with Crippen LogP contribution < -0.4 is 15.4 Å². The number of ether oxygens (including phenoxy) is 1. The number of aryl methyl sites for hydroxylation is 1. The van der Waals surface area contributed by atoms with Crippen LogP contribution in [0.2, 0.25) is 0 Å². The van der Waals surface area contributed by atoms with E-state index in [0.29, 0.717) is 17.0 Å². The van der Waals surface area contributed by atoms with Crippen LogP contribution in [0.3, 0.4) is 0 Å². The first-order chi connectivity index (χ1) is 12.6. The minimum atomic E-state index is -0.264. The summed E-state index contributed by atoms with van der Waals surface area (Å²) in [7, 11) is 0. The molecule has 0 fully saturated rings. The monoisotopic (exact) mass is 362 g/mol. The summed E-state index contributed by atoms with van der Waals surface area (Å²) < 4.78 is 6.00. The van der Waals surface area contributed by atoms with Crippen molar-refractivity contribution in [3.05, 3.63) is 90.0 Å². The molecular formula is C21H18N2O2S. The fourth-order valence-electron chi connectivity index (χ4n) is 2.37. The average Bonchev–Trinajstić information content (AvgIpc) is 2.66. The Bertz CT molecular complexity index is 926. The number of amides is 1. The first-order valence-corrected chi connectivity index (χ1v) is 8.54. The van der Waals surface area contributed by atoms with E-state index in [1.807, 2.05) is 61.5 Å². The minimum Gasteiger partial charge on any atom is -0.455 e. The Morgan fingerprint density at radius 1 is 0.846 bits per heavy atom. The fourth-order valence-corrected chi connectivity index (χ4v) is 2.57. The number of rotatable bonds is 4. The molecule has 0 spiro atoms. The first-order valence-electron chi connectivity index (χ1n) is 8.13. The van der Waals surface area contributed by atoms with Gasteiger partial charge in [0.2, 0.25) is 0 Å². The number of nitrogens with one attached hydrogen (secondary N) is 2. The zero-order chi connectivity index (χ0) is 18.4. The van der Waals surface area contributed by atoms with E-state index in [1.54, 1.807) is 24.3 Å². The Labute approximate surface area is 157 Å². The number of para-hydroxylation sites is 3. The van der Waals surface area contributed by atoms with E-state index in [2.05, 4.69) is 10.6 Å². The Morgan fingerprint density at radius 2 is 1.46 bits per heavy atom. The van der Waals surface area contributed by atoms with Gasteiger partial charge in [0.05, 0.1) is 5.69 Å². The molecule has 3 rings (SSSR count). The van der Waals surface area contributed by atoms with Gasteiger partial charge >= 0.3 is 0 Å². The molecule has 5 heteroatoms. The van der Waals surface area contributed by atoms with Crippen molar-refractivity contribution >= 4 is 28.9 Å². The van der Waals surface area contributed by atoms with Crippen molar-refractivity contribution in [1.29, 1.82) is 0 Å². The quantitative estimate of drug-likeness (QED) is 0.647. The first kappa shape index (κ1) is 17.6. The molecule has 0 heterocycles. The van der Waals surface area contributed by atoms with E-state index in [-0.39, 0.29) is 11.0 Å². The molecule has 26 heavy (non-hydrogen) atoms. The molecule has 0 saturated heterocycles. The fraction of sp³-hybridized carbons (Fsp3) is 0.0476. The predicted octanol–water partition coefficient (Wildman–Crippen LogP) is 4.91. The summed E-state index contributed by atoms with van der Waals surface area (Å²) in [4.78, 5) is 12.2. The van der Waals surface area contributed by atoms with Crippen LogP contribution in [0, 0.1) is 6.92 Å². The maximum Gasteiger partial charge on any atom is 0.257 e. The number of carbonyl (C=O) groups excluding carboxylic acids is 1. The number of anilines is 1. The molecule has 0 bridgehead atoms. The largest absolute Gasteiger partial charge is 0.455 e. The molecule has 3 aromatic carbocycles. The maximum absolute atomic E-state index is 12.2. The highest BCUT2D eigenvalue weighted by molar-refractivity contribution is 7.80. The van der Waals surface area contributed by atoms with Gasteiger partial charge in [-0.1, -0.05) is 48.5 Å². The Morgan fingerprint density at radius 3 is 2.19 bits per heavy atom. The zero-order valence-electron chi connectivity index (χ0n) is 14.2. The molecular weight excluding hydrogens is 344 g/mol. The van der Waals surface area contributed by atoms with E-state index in [1.165, 1.54) is 0 Å². The standard InChI is InChI=1S/C21H18N2O2S/c1-15-9-5-7-13-18(15)25-19-14-8-6-12-17(19)22-21(26)23-20(24)16-10-3-2-4-11-16/h2-14H,1H3,(H2,22,23,24,26). The van der Waals surface area contributed by atoms with Crippen LogP contribution in [0.4, 0.5) is 5.69 Å². The molecule has 3 aromatic rings. The smallest absolute Gasteiger partial charge is 0.257 e. The van der Waals surface area contributed by atoms with Crippen LogP contribution in [0.15, 0.2) is 78.9 Å². The molecule has 0 aliphatic rings. The third-order valence-electron chi connectivity index (χ3n) is 3.71. The van der Waals surface area contributed by atoms with Crippen molar-refractivity contribution < 1.29 is 9.53 Å². The molecule has 0 radical (unpaired) electrons. The van der Waals surface area contributed by atoms with Crippen LogP contribution >= 0.6 is 12.2 Å². The molecule has 0 atom stereocenters. The summed E-state index contributed by atoms with van der Waals surface area (Å²) in [6, 6.07) is 24.1. The van der Waals surface area contributed by atoms with Gasteiger partial charge in [-0.25, -0.2) is 0 Å². The molecule has 0 saturated carbocycles. The lowest BCUT2D eigenvalue weighted by molar-refractivity contribution is 0.0977. The third-order valence-corrected chi connectivity index (χ3v) is 3.92. The number of hydrogen-bond donors (Lipinski definition) is 2. The van der Waals surface area contributed by atoms with E-state index in [9.17, 15) is 4.79 Å². The van der Waals surface area contributed by atoms with Crippen molar-refractivity contribution in [1.82, 2.24) is 5.32 Å². The van der Waals surface area contributed by atoms with Crippen molar-refractivity contribution in [3.63, 3.8) is 0 Å². The zero-order valence-corrected chi connectivity index (χ0v) is 15.0. The maximum atomic E-state index is 12.2. The van der Waals surface area contributed by atoms with Crippen molar-refractivity contribution in [3.8, 4) is 11.5 Å². The third kappa shape index (κ3) is 4.46. The Balaban J connectivity index is 1.71. The number of hydrogen-bond acceptors (Lipinski definition) is 3. The van der Waals surface area contributed by atoms with Gasteiger partial charge in [-0.3, -0.25) is 10.1 Å². The second-order valence-electron chi connectivity index (χ2n) is 5.64. The van der Waals surface area contributed by atoms with Crippen LogP contribution in [-0.4, -0.2) is 11.0 Å². The summed E-state index contributed by atoms with van der Waals surface area (Å²) in [5, 5.41) is 5.91. The van der Waals surface area contributed by atoms with Gasteiger partial charge < -0.3 is 10.1 Å². The average molecular weight is 362 g/mol. The van der Waals surface area contributed by atoms with E-state index in [0.717, 1.165) is 11.3 Å². The van der Waals surface area contributed by atoms with Gasteiger partial charge in [0.1, 0.15) is 5.75 Å². The lowest BCUT2D eigenvalue weighted by Gasteiger charge is -2.15. The van der Waals surface area contributed by atoms with Crippen LogP contribution in [0.1, 0.15) is 15.9 Å². The van der Waals surface area contributed by atoms with Crippen LogP contribution in [0.5, 0.6) is 11.5 Å². The molecule has 0 aliphatic heterocycles. The van der Waals surface area contributed by atoms with Gasteiger partial charge in [0.25, 0.3) is 5.91 Å². The second-order valence-corrected chi connectivity index (χ2v) is 6.05. The number of carbonyl (C=O) groups is 1. The summed E-state index contributed by atoms with van der Waals surface area (Å²) in [5.41, 5.74) is 2.25. The van der Waals surface area contributed by atoms with Gasteiger partial charge in [-0.2, -0.15) is 0 Å². The summed E-state index contributed by atoms with van der Waals surface area (Å²) >= 11 is 5.26. The van der Waals surface area contributed by atoms with Gasteiger partial charge in [0.15, 0.2) is 10.9 Å². The second kappa shape index (κ2) is 8.27. The van der Waals surface area contributed by atoms with Crippen LogP contribution in [0.25, 0.3) is 0 Å².